The average molecular weight is 579 g/mol. The van der Waals surface area contributed by atoms with Gasteiger partial charge in [0.05, 0.1) is 29.2 Å². The van der Waals surface area contributed by atoms with Gasteiger partial charge in [0.25, 0.3) is 0 Å². The van der Waals surface area contributed by atoms with Crippen molar-refractivity contribution in [3.63, 3.8) is 0 Å². The predicted octanol–water partition coefficient (Wildman–Crippen LogP) is 1.01. The number of nitrogens with one attached hydrogen (secondary N) is 3. The van der Waals surface area contributed by atoms with E-state index < -0.39 is 36.7 Å². The quantitative estimate of drug-likeness (QED) is 0.229. The van der Waals surface area contributed by atoms with E-state index in [4.69, 9.17) is 10.2 Å². The molecule has 0 atom stereocenters. The number of rotatable bonds is 9. The van der Waals surface area contributed by atoms with Crippen LogP contribution in [0.15, 0.2) is 36.5 Å². The van der Waals surface area contributed by atoms with Gasteiger partial charge in [0.15, 0.2) is 5.82 Å². The molecule has 3 heterocycles. The number of carboxylic acids is 1. The second-order valence-corrected chi connectivity index (χ2v) is 10.2. The van der Waals surface area contributed by atoms with Crippen molar-refractivity contribution in [3.8, 4) is 11.1 Å². The highest BCUT2D eigenvalue weighted by molar-refractivity contribution is 6.04. The van der Waals surface area contributed by atoms with E-state index in [9.17, 15) is 19.2 Å². The monoisotopic (exact) mass is 578 g/mol. The molecule has 0 radical (unpaired) electrons. The summed E-state index contributed by atoms with van der Waals surface area (Å²) in [6.07, 6.45) is 2.82. The number of benzene rings is 2. The average Bonchev–Trinajstić information content (AvgIpc) is 3.53. The predicted molar refractivity (Wildman–Crippen MR) is 152 cm³/mol. The van der Waals surface area contributed by atoms with E-state index in [-0.39, 0.29) is 18.4 Å². The van der Waals surface area contributed by atoms with Crippen LogP contribution in [0, 0.1) is 11.7 Å². The third-order valence-electron chi connectivity index (χ3n) is 7.47. The van der Waals surface area contributed by atoms with Crippen molar-refractivity contribution in [3.05, 3.63) is 42.3 Å². The number of fused-ring (bicyclic) bond motifs is 2. The minimum absolute atomic E-state index is 0.0126. The first kappa shape index (κ1) is 28.5. The van der Waals surface area contributed by atoms with Gasteiger partial charge in [-0.15, -0.1) is 0 Å². The highest BCUT2D eigenvalue weighted by Gasteiger charge is 2.29. The third-order valence-corrected chi connectivity index (χ3v) is 7.47. The molecule has 14 heteroatoms. The number of amides is 3. The number of hydrogen-bond donors (Lipinski definition) is 4. The number of anilines is 1. The molecule has 220 valence electrons. The summed E-state index contributed by atoms with van der Waals surface area (Å²) in [4.78, 5) is 49.6. The van der Waals surface area contributed by atoms with Gasteiger partial charge in [-0.2, -0.15) is 10.2 Å². The van der Waals surface area contributed by atoms with Crippen molar-refractivity contribution >= 4 is 51.3 Å². The Balaban J connectivity index is 1.51. The lowest BCUT2D eigenvalue weighted by Gasteiger charge is -2.31. The van der Waals surface area contributed by atoms with Crippen LogP contribution in [0.2, 0.25) is 0 Å². The number of carbonyl (C=O) groups excluding carboxylic acids is 3. The van der Waals surface area contributed by atoms with Crippen LogP contribution in [0.4, 0.5) is 10.2 Å². The standard InChI is InChI=1S/C28H31FN8O5/c1-30-28(42)16-6-8-36(9-7-16)27-26-18(19-11-22-17(10-20(19)29)12-33-35(22)2)4-3-5-21(26)37(34-27)15-24(39)31-13-23(38)32-14-25(40)41/h3-5,10-12,16H,6-9,13-15H2,1-2H3,(H,30,42)(H,31,39)(H,32,38)(H,40,41). The zero-order valence-corrected chi connectivity index (χ0v) is 23.2. The smallest absolute Gasteiger partial charge is 0.322 e. The Morgan fingerprint density at radius 1 is 1.02 bits per heavy atom. The highest BCUT2D eigenvalue weighted by atomic mass is 19.1. The first-order valence-corrected chi connectivity index (χ1v) is 13.5. The molecule has 2 aromatic carbocycles. The van der Waals surface area contributed by atoms with E-state index in [1.54, 1.807) is 43.2 Å². The number of halogens is 1. The highest BCUT2D eigenvalue weighted by Crippen LogP contribution is 2.39. The largest absolute Gasteiger partial charge is 0.480 e. The summed E-state index contributed by atoms with van der Waals surface area (Å²) < 4.78 is 18.7. The molecular formula is C28H31FN8O5. The summed E-state index contributed by atoms with van der Waals surface area (Å²) >= 11 is 0. The second-order valence-electron chi connectivity index (χ2n) is 10.2. The summed E-state index contributed by atoms with van der Waals surface area (Å²) in [5.74, 6) is -2.35. The molecule has 4 aromatic rings. The molecule has 0 saturated carbocycles. The fraction of sp³-hybridized carbons (Fsp3) is 0.357. The number of aryl methyl sites for hydroxylation is 1. The molecule has 0 bridgehead atoms. The molecule has 0 aliphatic carbocycles. The van der Waals surface area contributed by atoms with Gasteiger partial charge in [-0.05, 0) is 36.6 Å². The van der Waals surface area contributed by atoms with Gasteiger partial charge in [-0.1, -0.05) is 12.1 Å². The molecule has 1 aliphatic rings. The molecule has 2 aromatic heterocycles. The molecule has 1 fully saturated rings. The first-order valence-electron chi connectivity index (χ1n) is 13.5. The Morgan fingerprint density at radius 3 is 2.48 bits per heavy atom. The molecule has 0 unspecified atom stereocenters. The zero-order valence-electron chi connectivity index (χ0n) is 23.2. The van der Waals surface area contributed by atoms with E-state index in [0.717, 1.165) is 5.52 Å². The zero-order chi connectivity index (χ0) is 30.0. The maximum absolute atomic E-state index is 15.5. The van der Waals surface area contributed by atoms with E-state index in [1.165, 1.54) is 10.7 Å². The summed E-state index contributed by atoms with van der Waals surface area (Å²) in [7, 11) is 3.40. The van der Waals surface area contributed by atoms with Gasteiger partial charge < -0.3 is 26.0 Å². The summed E-state index contributed by atoms with van der Waals surface area (Å²) in [6, 6.07) is 8.55. The lowest BCUT2D eigenvalue weighted by molar-refractivity contribution is -0.137. The molecule has 5 rings (SSSR count). The number of carboxylic acid groups (broad SMARTS) is 1. The normalized spacial score (nSPS) is 13.8. The number of aromatic nitrogens is 4. The SMILES string of the molecule is CNC(=O)C1CCN(c2nn(CC(=O)NCC(=O)NCC(=O)O)c3cccc(-c4cc5c(cnn5C)cc4F)c23)CC1. The van der Waals surface area contributed by atoms with Crippen molar-refractivity contribution in [1.29, 1.82) is 0 Å². The van der Waals surface area contributed by atoms with E-state index in [2.05, 4.69) is 21.0 Å². The summed E-state index contributed by atoms with van der Waals surface area (Å²) in [5, 5.41) is 26.4. The lowest BCUT2D eigenvalue weighted by atomic mass is 9.95. The molecule has 1 saturated heterocycles. The van der Waals surface area contributed by atoms with Gasteiger partial charge in [-0.3, -0.25) is 28.5 Å². The van der Waals surface area contributed by atoms with Crippen molar-refractivity contribution < 1.29 is 28.7 Å². The summed E-state index contributed by atoms with van der Waals surface area (Å²) in [6.45, 7) is -0.103. The first-order chi connectivity index (χ1) is 20.2. The van der Waals surface area contributed by atoms with Crippen LogP contribution in [0.25, 0.3) is 32.9 Å². The Kier molecular flexibility index (Phi) is 8.04. The number of nitrogens with zero attached hydrogens (tertiary/aromatic N) is 5. The maximum Gasteiger partial charge on any atom is 0.322 e. The Morgan fingerprint density at radius 2 is 1.76 bits per heavy atom. The number of carbonyl (C=O) groups is 4. The number of piperidine rings is 1. The fourth-order valence-electron chi connectivity index (χ4n) is 5.32. The minimum atomic E-state index is -1.20. The maximum atomic E-state index is 15.5. The molecule has 3 amide bonds. The van der Waals surface area contributed by atoms with Crippen LogP contribution in [-0.4, -0.2) is 81.6 Å². The van der Waals surface area contributed by atoms with Crippen LogP contribution in [0.1, 0.15) is 12.8 Å². The van der Waals surface area contributed by atoms with Crippen molar-refractivity contribution in [2.45, 2.75) is 19.4 Å². The molecule has 13 nitrogen and oxygen atoms in total. The molecule has 1 aliphatic heterocycles. The van der Waals surface area contributed by atoms with Crippen LogP contribution in [0.3, 0.4) is 0 Å². The topological polar surface area (TPSA) is 163 Å². The van der Waals surface area contributed by atoms with Crippen molar-refractivity contribution in [1.82, 2.24) is 35.5 Å². The van der Waals surface area contributed by atoms with Crippen molar-refractivity contribution in [2.24, 2.45) is 13.0 Å². The van der Waals surface area contributed by atoms with Crippen LogP contribution in [0.5, 0.6) is 0 Å². The summed E-state index contributed by atoms with van der Waals surface area (Å²) in [5.41, 5.74) is 2.30. The molecule has 42 heavy (non-hydrogen) atoms. The Hall–Kier alpha value is -5.01. The molecule has 0 spiro atoms. The second kappa shape index (κ2) is 11.8. The number of hydrogen-bond acceptors (Lipinski definition) is 7. The van der Waals surface area contributed by atoms with E-state index in [0.29, 0.717) is 59.2 Å². The van der Waals surface area contributed by atoms with Gasteiger partial charge >= 0.3 is 5.97 Å². The van der Waals surface area contributed by atoms with E-state index >= 15 is 4.39 Å². The van der Waals surface area contributed by atoms with Crippen LogP contribution in [-0.2, 0) is 32.8 Å². The molecular weight excluding hydrogens is 547 g/mol. The Bertz CT molecular complexity index is 1690. The van der Waals surface area contributed by atoms with Crippen LogP contribution >= 0.6 is 0 Å². The lowest BCUT2D eigenvalue weighted by Crippen LogP contribution is -2.40. The van der Waals surface area contributed by atoms with Crippen molar-refractivity contribution in [2.75, 3.05) is 38.1 Å². The van der Waals surface area contributed by atoms with Crippen LogP contribution < -0.4 is 20.9 Å². The minimum Gasteiger partial charge on any atom is -0.480 e. The third kappa shape index (κ3) is 5.73. The molecule has 4 N–H and O–H groups in total. The van der Waals surface area contributed by atoms with Gasteiger partial charge in [0, 0.05) is 44.1 Å². The van der Waals surface area contributed by atoms with Gasteiger partial charge in [0.1, 0.15) is 18.9 Å². The number of aliphatic carboxylic acids is 1. The van der Waals surface area contributed by atoms with E-state index in [1.807, 2.05) is 11.0 Å². The Labute approximate surface area is 239 Å². The van der Waals surface area contributed by atoms with Gasteiger partial charge in [-0.25, -0.2) is 4.39 Å². The fourth-order valence-corrected chi connectivity index (χ4v) is 5.32. The van der Waals surface area contributed by atoms with Gasteiger partial charge in [0.2, 0.25) is 17.7 Å².